The SMILES string of the molecule is Cc1cc(OCC(C)(C)N(C)C)c(C(C)N)cc1F. The molecule has 0 aliphatic heterocycles. The molecule has 108 valence electrons. The van der Waals surface area contributed by atoms with E-state index in [1.807, 2.05) is 21.0 Å². The van der Waals surface area contributed by atoms with Gasteiger partial charge in [0, 0.05) is 17.1 Å². The van der Waals surface area contributed by atoms with E-state index in [2.05, 4.69) is 18.7 Å². The summed E-state index contributed by atoms with van der Waals surface area (Å²) in [5.41, 5.74) is 7.05. The number of hydrogen-bond donors (Lipinski definition) is 1. The fourth-order valence-corrected chi connectivity index (χ4v) is 1.53. The van der Waals surface area contributed by atoms with Gasteiger partial charge in [-0.25, -0.2) is 4.39 Å². The number of aryl methyl sites for hydroxylation is 1. The summed E-state index contributed by atoms with van der Waals surface area (Å²) >= 11 is 0. The van der Waals surface area contributed by atoms with Gasteiger partial charge < -0.3 is 15.4 Å². The van der Waals surface area contributed by atoms with E-state index < -0.39 is 0 Å². The van der Waals surface area contributed by atoms with Gasteiger partial charge in [0.15, 0.2) is 0 Å². The lowest BCUT2D eigenvalue weighted by Gasteiger charge is -2.32. The highest BCUT2D eigenvalue weighted by Crippen LogP contribution is 2.28. The van der Waals surface area contributed by atoms with E-state index in [9.17, 15) is 4.39 Å². The Morgan fingerprint density at radius 1 is 1.37 bits per heavy atom. The zero-order valence-electron chi connectivity index (χ0n) is 12.7. The lowest BCUT2D eigenvalue weighted by atomic mass is 10.0. The third kappa shape index (κ3) is 3.91. The van der Waals surface area contributed by atoms with Crippen LogP contribution in [0.5, 0.6) is 5.75 Å². The van der Waals surface area contributed by atoms with Crippen molar-refractivity contribution in [3.8, 4) is 5.75 Å². The van der Waals surface area contributed by atoms with E-state index in [4.69, 9.17) is 10.5 Å². The molecule has 1 aromatic rings. The van der Waals surface area contributed by atoms with Crippen LogP contribution in [0.1, 0.15) is 37.9 Å². The molecule has 2 N–H and O–H groups in total. The highest BCUT2D eigenvalue weighted by Gasteiger charge is 2.22. The first kappa shape index (κ1) is 15.9. The Hall–Kier alpha value is -1.13. The second kappa shape index (κ2) is 5.88. The summed E-state index contributed by atoms with van der Waals surface area (Å²) in [5.74, 6) is 0.426. The third-order valence-electron chi connectivity index (χ3n) is 3.57. The van der Waals surface area contributed by atoms with E-state index in [0.29, 0.717) is 23.5 Å². The smallest absolute Gasteiger partial charge is 0.126 e. The summed E-state index contributed by atoms with van der Waals surface area (Å²) < 4.78 is 19.5. The summed E-state index contributed by atoms with van der Waals surface area (Å²) in [7, 11) is 4.01. The Kier molecular flexibility index (Phi) is 4.93. The molecule has 0 bridgehead atoms. The van der Waals surface area contributed by atoms with Crippen molar-refractivity contribution in [3.05, 3.63) is 29.1 Å². The zero-order chi connectivity index (χ0) is 14.8. The Morgan fingerprint density at radius 3 is 2.42 bits per heavy atom. The van der Waals surface area contributed by atoms with Gasteiger partial charge in [0.1, 0.15) is 18.2 Å². The average Bonchev–Trinajstić information content (AvgIpc) is 2.29. The number of hydrogen-bond acceptors (Lipinski definition) is 3. The van der Waals surface area contributed by atoms with E-state index in [0.717, 1.165) is 0 Å². The summed E-state index contributed by atoms with van der Waals surface area (Å²) in [6.07, 6.45) is 0. The van der Waals surface area contributed by atoms with Gasteiger partial charge in [-0.2, -0.15) is 0 Å². The van der Waals surface area contributed by atoms with Crippen LogP contribution in [0.2, 0.25) is 0 Å². The van der Waals surface area contributed by atoms with Crippen LogP contribution in [0.3, 0.4) is 0 Å². The lowest BCUT2D eigenvalue weighted by Crippen LogP contribution is -2.43. The molecule has 0 aliphatic rings. The molecule has 4 heteroatoms. The second-order valence-electron chi connectivity index (χ2n) is 5.92. The Labute approximate surface area is 115 Å². The number of ether oxygens (including phenoxy) is 1. The monoisotopic (exact) mass is 268 g/mol. The molecule has 0 spiro atoms. The maximum absolute atomic E-state index is 13.6. The van der Waals surface area contributed by atoms with Crippen molar-refractivity contribution in [2.45, 2.75) is 39.3 Å². The van der Waals surface area contributed by atoms with Crippen LogP contribution in [0.25, 0.3) is 0 Å². The zero-order valence-corrected chi connectivity index (χ0v) is 12.7. The summed E-state index contributed by atoms with van der Waals surface area (Å²) in [6.45, 7) is 8.26. The minimum atomic E-state index is -0.257. The molecule has 1 aromatic carbocycles. The van der Waals surface area contributed by atoms with Crippen LogP contribution in [0.15, 0.2) is 12.1 Å². The van der Waals surface area contributed by atoms with Crippen LogP contribution in [-0.2, 0) is 0 Å². The average molecular weight is 268 g/mol. The molecule has 0 fully saturated rings. The molecule has 3 nitrogen and oxygen atoms in total. The number of likely N-dealkylation sites (N-methyl/N-ethyl adjacent to an activating group) is 1. The van der Waals surface area contributed by atoms with Gasteiger partial charge in [0.2, 0.25) is 0 Å². The maximum atomic E-state index is 13.6. The van der Waals surface area contributed by atoms with Gasteiger partial charge in [-0.05, 0) is 59.5 Å². The van der Waals surface area contributed by atoms with Crippen molar-refractivity contribution in [2.75, 3.05) is 20.7 Å². The normalized spacial score (nSPS) is 13.7. The molecule has 0 aromatic heterocycles. The largest absolute Gasteiger partial charge is 0.491 e. The first-order chi connectivity index (χ1) is 8.65. The number of nitrogens with two attached hydrogens (primary N) is 1. The highest BCUT2D eigenvalue weighted by atomic mass is 19.1. The van der Waals surface area contributed by atoms with Crippen molar-refractivity contribution >= 4 is 0 Å². The van der Waals surface area contributed by atoms with E-state index in [1.165, 1.54) is 6.07 Å². The third-order valence-corrected chi connectivity index (χ3v) is 3.57. The molecule has 1 rings (SSSR count). The van der Waals surface area contributed by atoms with E-state index in [-0.39, 0.29) is 17.4 Å². The van der Waals surface area contributed by atoms with Gasteiger partial charge >= 0.3 is 0 Å². The lowest BCUT2D eigenvalue weighted by molar-refractivity contribution is 0.113. The molecule has 1 unspecified atom stereocenters. The van der Waals surface area contributed by atoms with Crippen molar-refractivity contribution < 1.29 is 9.13 Å². The summed E-state index contributed by atoms with van der Waals surface area (Å²) in [6, 6.07) is 2.94. The van der Waals surface area contributed by atoms with Crippen LogP contribution >= 0.6 is 0 Å². The van der Waals surface area contributed by atoms with Gasteiger partial charge in [-0.1, -0.05) is 0 Å². The van der Waals surface area contributed by atoms with Crippen molar-refractivity contribution in [1.29, 1.82) is 0 Å². The van der Waals surface area contributed by atoms with Gasteiger partial charge in [0.25, 0.3) is 0 Å². The number of rotatable bonds is 5. The molecule has 0 radical (unpaired) electrons. The van der Waals surface area contributed by atoms with Crippen LogP contribution in [0.4, 0.5) is 4.39 Å². The van der Waals surface area contributed by atoms with Crippen molar-refractivity contribution in [2.24, 2.45) is 5.73 Å². The molecule has 0 amide bonds. The first-order valence-corrected chi connectivity index (χ1v) is 6.51. The predicted molar refractivity (Wildman–Crippen MR) is 77.0 cm³/mol. The Morgan fingerprint density at radius 2 is 1.95 bits per heavy atom. The fourth-order valence-electron chi connectivity index (χ4n) is 1.53. The van der Waals surface area contributed by atoms with Crippen LogP contribution in [-0.4, -0.2) is 31.1 Å². The predicted octanol–water partition coefficient (Wildman–Crippen LogP) is 2.87. The summed E-state index contributed by atoms with van der Waals surface area (Å²) in [5, 5.41) is 0. The molecule has 1 atom stereocenters. The molecule has 0 saturated heterocycles. The van der Waals surface area contributed by atoms with Gasteiger partial charge in [-0.3, -0.25) is 0 Å². The number of nitrogens with zero attached hydrogens (tertiary/aromatic N) is 1. The molecular formula is C15H25FN2O. The number of halogens is 1. The Balaban J connectivity index is 2.98. The molecular weight excluding hydrogens is 243 g/mol. The molecule has 0 heterocycles. The Bertz CT molecular complexity index is 442. The standard InChI is InChI=1S/C15H25FN2O/c1-10-7-14(12(11(2)17)8-13(10)16)19-9-15(3,4)18(5)6/h7-8,11H,9,17H2,1-6H3. The summed E-state index contributed by atoms with van der Waals surface area (Å²) in [4.78, 5) is 2.09. The number of benzene rings is 1. The maximum Gasteiger partial charge on any atom is 0.126 e. The quantitative estimate of drug-likeness (QED) is 0.892. The molecule has 0 saturated carbocycles. The minimum Gasteiger partial charge on any atom is -0.491 e. The van der Waals surface area contributed by atoms with Crippen molar-refractivity contribution in [1.82, 2.24) is 4.90 Å². The van der Waals surface area contributed by atoms with E-state index in [1.54, 1.807) is 13.0 Å². The topological polar surface area (TPSA) is 38.5 Å². The molecule has 19 heavy (non-hydrogen) atoms. The van der Waals surface area contributed by atoms with Crippen molar-refractivity contribution in [3.63, 3.8) is 0 Å². The highest BCUT2D eigenvalue weighted by molar-refractivity contribution is 5.39. The van der Waals surface area contributed by atoms with Crippen LogP contribution in [0, 0.1) is 12.7 Å². The van der Waals surface area contributed by atoms with E-state index >= 15 is 0 Å². The van der Waals surface area contributed by atoms with Crippen LogP contribution < -0.4 is 10.5 Å². The van der Waals surface area contributed by atoms with Gasteiger partial charge in [-0.15, -0.1) is 0 Å². The second-order valence-corrected chi connectivity index (χ2v) is 5.92. The minimum absolute atomic E-state index is 0.0998. The first-order valence-electron chi connectivity index (χ1n) is 6.51. The molecule has 0 aliphatic carbocycles. The fraction of sp³-hybridized carbons (Fsp3) is 0.600. The van der Waals surface area contributed by atoms with Gasteiger partial charge in [0.05, 0.1) is 0 Å².